The van der Waals surface area contributed by atoms with Gasteiger partial charge in [-0.15, -0.1) is 0 Å². The molecule has 1 fully saturated rings. The van der Waals surface area contributed by atoms with Crippen molar-refractivity contribution < 1.29 is 4.74 Å². The van der Waals surface area contributed by atoms with Gasteiger partial charge in [-0.1, -0.05) is 12.2 Å². The first kappa shape index (κ1) is 5.48. The van der Waals surface area contributed by atoms with Crippen LogP contribution in [-0.4, -0.2) is 13.2 Å². The van der Waals surface area contributed by atoms with Gasteiger partial charge >= 0.3 is 0 Å². The Bertz CT molecular complexity index is 126. The van der Waals surface area contributed by atoms with Crippen LogP contribution in [0.25, 0.3) is 0 Å². The minimum absolute atomic E-state index is 0.532. The third-order valence-electron chi connectivity index (χ3n) is 2.55. The van der Waals surface area contributed by atoms with Crippen molar-refractivity contribution in [3.63, 3.8) is 0 Å². The van der Waals surface area contributed by atoms with Crippen molar-refractivity contribution in [2.45, 2.75) is 18.9 Å². The monoisotopic (exact) mass is 124 g/mol. The lowest BCUT2D eigenvalue weighted by molar-refractivity contribution is 0.0734. The third kappa shape index (κ3) is 0.645. The highest BCUT2D eigenvalue weighted by molar-refractivity contribution is 5.12. The molecular weight excluding hydrogens is 112 g/mol. The number of fused-ring (bicyclic) bond motifs is 2. The molecule has 1 saturated carbocycles. The maximum Gasteiger partial charge on any atom is 0.0696 e. The Morgan fingerprint density at radius 3 is 2.00 bits per heavy atom. The standard InChI is InChI=1S/C8H12O/c1-9-8-6-2-3-7(8)5-4-6/h2-3,6-8H,4-5H2,1H3/t6-,7+,8?. The number of rotatable bonds is 1. The second-order valence-corrected chi connectivity index (χ2v) is 2.99. The molecule has 2 aliphatic carbocycles. The average molecular weight is 124 g/mol. The molecule has 0 spiro atoms. The van der Waals surface area contributed by atoms with Crippen LogP contribution in [0.1, 0.15) is 12.8 Å². The minimum atomic E-state index is 0.532. The van der Waals surface area contributed by atoms with Crippen molar-refractivity contribution in [3.8, 4) is 0 Å². The summed E-state index contributed by atoms with van der Waals surface area (Å²) >= 11 is 0. The second kappa shape index (κ2) is 1.84. The highest BCUT2D eigenvalue weighted by Crippen LogP contribution is 2.40. The van der Waals surface area contributed by atoms with Gasteiger partial charge in [0.15, 0.2) is 0 Å². The predicted octanol–water partition coefficient (Wildman–Crippen LogP) is 1.60. The molecule has 50 valence electrons. The molecule has 0 aromatic rings. The number of hydrogen-bond acceptors (Lipinski definition) is 1. The van der Waals surface area contributed by atoms with Crippen LogP contribution in [0.15, 0.2) is 12.2 Å². The smallest absolute Gasteiger partial charge is 0.0696 e. The summed E-state index contributed by atoms with van der Waals surface area (Å²) in [6.45, 7) is 0. The molecule has 0 aromatic heterocycles. The van der Waals surface area contributed by atoms with E-state index in [-0.39, 0.29) is 0 Å². The molecule has 9 heavy (non-hydrogen) atoms. The maximum absolute atomic E-state index is 5.34. The van der Waals surface area contributed by atoms with Gasteiger partial charge in [0, 0.05) is 18.9 Å². The van der Waals surface area contributed by atoms with Crippen LogP contribution in [0, 0.1) is 11.8 Å². The van der Waals surface area contributed by atoms with E-state index in [1.54, 1.807) is 0 Å². The molecule has 0 aromatic carbocycles. The highest BCUT2D eigenvalue weighted by atomic mass is 16.5. The van der Waals surface area contributed by atoms with Gasteiger partial charge < -0.3 is 4.74 Å². The Balaban J connectivity index is 2.15. The Morgan fingerprint density at radius 2 is 1.78 bits per heavy atom. The third-order valence-corrected chi connectivity index (χ3v) is 2.55. The summed E-state index contributed by atoms with van der Waals surface area (Å²) in [5.74, 6) is 1.50. The first-order valence-electron chi connectivity index (χ1n) is 3.63. The van der Waals surface area contributed by atoms with Crippen molar-refractivity contribution in [2.75, 3.05) is 7.11 Å². The first-order valence-corrected chi connectivity index (χ1v) is 3.63. The van der Waals surface area contributed by atoms with E-state index in [9.17, 15) is 0 Å². The fourth-order valence-electron chi connectivity index (χ4n) is 2.08. The van der Waals surface area contributed by atoms with Crippen LogP contribution >= 0.6 is 0 Å². The molecular formula is C8H12O. The van der Waals surface area contributed by atoms with E-state index in [1.165, 1.54) is 12.8 Å². The lowest BCUT2D eigenvalue weighted by atomic mass is 10.1. The van der Waals surface area contributed by atoms with E-state index in [1.807, 2.05) is 7.11 Å². The zero-order valence-corrected chi connectivity index (χ0v) is 5.71. The Labute approximate surface area is 55.7 Å². The van der Waals surface area contributed by atoms with Gasteiger partial charge in [0.25, 0.3) is 0 Å². The Hall–Kier alpha value is -0.300. The van der Waals surface area contributed by atoms with E-state index in [4.69, 9.17) is 4.74 Å². The van der Waals surface area contributed by atoms with E-state index < -0.39 is 0 Å². The van der Waals surface area contributed by atoms with Gasteiger partial charge in [-0.05, 0) is 12.8 Å². The predicted molar refractivity (Wildman–Crippen MR) is 36.2 cm³/mol. The van der Waals surface area contributed by atoms with Crippen LogP contribution in [0.2, 0.25) is 0 Å². The molecule has 0 radical (unpaired) electrons. The molecule has 1 nitrogen and oxygen atoms in total. The molecule has 1 unspecified atom stereocenters. The number of hydrogen-bond donors (Lipinski definition) is 0. The topological polar surface area (TPSA) is 9.23 Å². The maximum atomic E-state index is 5.34. The zero-order chi connectivity index (χ0) is 6.27. The first-order chi connectivity index (χ1) is 4.42. The van der Waals surface area contributed by atoms with E-state index >= 15 is 0 Å². The van der Waals surface area contributed by atoms with Crippen molar-refractivity contribution in [3.05, 3.63) is 12.2 Å². The zero-order valence-electron chi connectivity index (χ0n) is 5.71. The average Bonchev–Trinajstić information content (AvgIpc) is 2.44. The molecule has 0 N–H and O–H groups in total. The highest BCUT2D eigenvalue weighted by Gasteiger charge is 2.37. The van der Waals surface area contributed by atoms with E-state index in [2.05, 4.69) is 12.2 Å². The summed E-state index contributed by atoms with van der Waals surface area (Å²) in [6.07, 6.45) is 7.84. The lowest BCUT2D eigenvalue weighted by Gasteiger charge is -2.12. The molecule has 0 aliphatic heterocycles. The van der Waals surface area contributed by atoms with E-state index in [0.29, 0.717) is 6.10 Å². The van der Waals surface area contributed by atoms with Crippen LogP contribution in [-0.2, 0) is 4.74 Å². The van der Waals surface area contributed by atoms with Crippen molar-refractivity contribution >= 4 is 0 Å². The van der Waals surface area contributed by atoms with Crippen molar-refractivity contribution in [1.29, 1.82) is 0 Å². The molecule has 2 aliphatic rings. The van der Waals surface area contributed by atoms with Gasteiger partial charge in [0.05, 0.1) is 6.10 Å². The van der Waals surface area contributed by atoms with Crippen LogP contribution < -0.4 is 0 Å². The van der Waals surface area contributed by atoms with Crippen LogP contribution in [0.3, 0.4) is 0 Å². The summed E-state index contributed by atoms with van der Waals surface area (Å²) in [4.78, 5) is 0. The summed E-state index contributed by atoms with van der Waals surface area (Å²) in [6, 6.07) is 0. The van der Waals surface area contributed by atoms with Gasteiger partial charge in [0.1, 0.15) is 0 Å². The fraction of sp³-hybridized carbons (Fsp3) is 0.750. The summed E-state index contributed by atoms with van der Waals surface area (Å²) in [7, 11) is 1.82. The van der Waals surface area contributed by atoms with Crippen molar-refractivity contribution in [2.24, 2.45) is 11.8 Å². The van der Waals surface area contributed by atoms with Crippen molar-refractivity contribution in [1.82, 2.24) is 0 Å². The quantitative estimate of drug-likeness (QED) is 0.482. The summed E-state index contributed by atoms with van der Waals surface area (Å²) in [5, 5.41) is 0. The summed E-state index contributed by atoms with van der Waals surface area (Å²) in [5.41, 5.74) is 0. The van der Waals surface area contributed by atoms with Crippen LogP contribution in [0.5, 0.6) is 0 Å². The minimum Gasteiger partial charge on any atom is -0.380 e. The molecule has 0 heterocycles. The molecule has 0 saturated heterocycles. The van der Waals surface area contributed by atoms with Gasteiger partial charge in [-0.2, -0.15) is 0 Å². The van der Waals surface area contributed by atoms with E-state index in [0.717, 1.165) is 11.8 Å². The summed E-state index contributed by atoms with van der Waals surface area (Å²) < 4.78 is 5.34. The van der Waals surface area contributed by atoms with Gasteiger partial charge in [0.2, 0.25) is 0 Å². The lowest BCUT2D eigenvalue weighted by Crippen LogP contribution is -2.15. The molecule has 2 bridgehead atoms. The fourth-order valence-corrected chi connectivity index (χ4v) is 2.08. The largest absolute Gasteiger partial charge is 0.380 e. The second-order valence-electron chi connectivity index (χ2n) is 2.99. The van der Waals surface area contributed by atoms with Gasteiger partial charge in [-0.25, -0.2) is 0 Å². The molecule has 0 amide bonds. The van der Waals surface area contributed by atoms with Gasteiger partial charge in [-0.3, -0.25) is 0 Å². The Morgan fingerprint density at radius 1 is 1.22 bits per heavy atom. The number of methoxy groups -OCH3 is 1. The SMILES string of the molecule is COC1[C@@H]2C=C[C@H]1CC2. The number of ether oxygens (including phenoxy) is 1. The Kier molecular flexibility index (Phi) is 1.12. The van der Waals surface area contributed by atoms with Crippen LogP contribution in [0.4, 0.5) is 0 Å². The molecule has 3 atom stereocenters. The molecule has 1 heteroatoms. The molecule has 2 rings (SSSR count). The normalized spacial score (nSPS) is 46.6.